The number of nitrogens with zero attached hydrogens (tertiary/aromatic N) is 1. The lowest BCUT2D eigenvalue weighted by atomic mass is 10.2. The van der Waals surface area contributed by atoms with Crippen molar-refractivity contribution < 1.29 is 9.53 Å². The van der Waals surface area contributed by atoms with Crippen molar-refractivity contribution in [1.29, 1.82) is 0 Å². The molecule has 2 rings (SSSR count). The highest BCUT2D eigenvalue weighted by Crippen LogP contribution is 2.35. The Hall–Kier alpha value is -1.33. The van der Waals surface area contributed by atoms with E-state index in [0.717, 1.165) is 17.7 Å². The third-order valence-electron chi connectivity index (χ3n) is 3.01. The molecule has 0 bridgehead atoms. The Balaban J connectivity index is 2.28. The Morgan fingerprint density at radius 3 is 2.71 bits per heavy atom. The largest absolute Gasteiger partial charge is 0.493 e. The summed E-state index contributed by atoms with van der Waals surface area (Å²) in [4.78, 5) is 14.7. The van der Waals surface area contributed by atoms with Crippen molar-refractivity contribution in [2.45, 2.75) is 33.2 Å². The number of benzene rings is 1. The highest BCUT2D eigenvalue weighted by Gasteiger charge is 2.33. The first-order valence-corrected chi connectivity index (χ1v) is 8.26. The minimum Gasteiger partial charge on any atom is -0.493 e. The summed E-state index contributed by atoms with van der Waals surface area (Å²) in [6.07, 6.45) is 2.82. The van der Waals surface area contributed by atoms with Crippen molar-refractivity contribution in [1.82, 2.24) is 4.90 Å². The number of amides is 1. The highest BCUT2D eigenvalue weighted by atomic mass is 32.2. The van der Waals surface area contributed by atoms with Gasteiger partial charge in [-0.05, 0) is 32.4 Å². The van der Waals surface area contributed by atoms with Gasteiger partial charge in [0.2, 0.25) is 0 Å². The summed E-state index contributed by atoms with van der Waals surface area (Å²) in [7, 11) is 0. The van der Waals surface area contributed by atoms with Gasteiger partial charge >= 0.3 is 0 Å². The zero-order valence-electron chi connectivity index (χ0n) is 12.5. The zero-order chi connectivity index (χ0) is 15.4. The molecule has 1 saturated heterocycles. The third-order valence-corrected chi connectivity index (χ3v) is 4.34. The van der Waals surface area contributed by atoms with Crippen molar-refractivity contribution in [3.05, 3.63) is 34.7 Å². The first-order valence-electron chi connectivity index (χ1n) is 7.03. The topological polar surface area (TPSA) is 29.5 Å². The van der Waals surface area contributed by atoms with Crippen LogP contribution < -0.4 is 4.74 Å². The number of hydrogen-bond acceptors (Lipinski definition) is 4. The van der Waals surface area contributed by atoms with Crippen LogP contribution in [-0.2, 0) is 4.79 Å². The van der Waals surface area contributed by atoms with Crippen LogP contribution in [0.15, 0.2) is 29.2 Å². The number of rotatable bonds is 5. The molecular weight excluding hydrogens is 302 g/mol. The Morgan fingerprint density at radius 1 is 1.38 bits per heavy atom. The van der Waals surface area contributed by atoms with E-state index in [9.17, 15) is 4.79 Å². The second-order valence-electron chi connectivity index (χ2n) is 5.03. The van der Waals surface area contributed by atoms with Crippen LogP contribution in [0.25, 0.3) is 6.08 Å². The van der Waals surface area contributed by atoms with Gasteiger partial charge in [0.1, 0.15) is 10.1 Å². The van der Waals surface area contributed by atoms with Gasteiger partial charge < -0.3 is 4.74 Å². The fraction of sp³-hybridized carbons (Fsp3) is 0.375. The number of para-hydroxylation sites is 1. The zero-order valence-corrected chi connectivity index (χ0v) is 14.1. The quantitative estimate of drug-likeness (QED) is 0.603. The molecule has 1 aromatic carbocycles. The molecule has 0 saturated carbocycles. The lowest BCUT2D eigenvalue weighted by Gasteiger charge is -2.18. The van der Waals surface area contributed by atoms with E-state index >= 15 is 0 Å². The molecule has 0 aromatic heterocycles. The van der Waals surface area contributed by atoms with Gasteiger partial charge in [-0.3, -0.25) is 9.69 Å². The second-order valence-corrected chi connectivity index (χ2v) is 6.71. The monoisotopic (exact) mass is 321 g/mol. The number of hydrogen-bond donors (Lipinski definition) is 0. The van der Waals surface area contributed by atoms with Crippen LogP contribution in [0.5, 0.6) is 5.75 Å². The number of carbonyl (C=O) groups is 1. The summed E-state index contributed by atoms with van der Waals surface area (Å²) < 4.78 is 6.34. The fourth-order valence-electron chi connectivity index (χ4n) is 2.01. The molecule has 1 amide bonds. The minimum absolute atomic E-state index is 0.0229. The van der Waals surface area contributed by atoms with Crippen LogP contribution in [0.4, 0.5) is 0 Å². The van der Waals surface area contributed by atoms with Crippen molar-refractivity contribution >= 4 is 40.3 Å². The predicted molar refractivity (Wildman–Crippen MR) is 92.4 cm³/mol. The SMILES string of the molecule is CCCOc1ccccc1C=C1SC(=S)N(C(C)C)C1=O. The van der Waals surface area contributed by atoms with E-state index in [4.69, 9.17) is 17.0 Å². The average Bonchev–Trinajstić information content (AvgIpc) is 2.72. The van der Waals surface area contributed by atoms with E-state index in [1.807, 2.05) is 44.2 Å². The summed E-state index contributed by atoms with van der Waals surface area (Å²) in [5, 5.41) is 0. The standard InChI is InChI=1S/C16H19NO2S2/c1-4-9-19-13-8-6-5-7-12(13)10-14-15(18)17(11(2)3)16(20)21-14/h5-8,10-11H,4,9H2,1-3H3. The first-order chi connectivity index (χ1) is 10.0. The van der Waals surface area contributed by atoms with E-state index in [2.05, 4.69) is 6.92 Å². The molecule has 0 atom stereocenters. The normalized spacial score (nSPS) is 17.1. The van der Waals surface area contributed by atoms with Gasteiger partial charge in [-0.15, -0.1) is 0 Å². The Morgan fingerprint density at radius 2 is 2.10 bits per heavy atom. The summed E-state index contributed by atoms with van der Waals surface area (Å²) >= 11 is 6.64. The molecule has 0 radical (unpaired) electrons. The highest BCUT2D eigenvalue weighted by molar-refractivity contribution is 8.26. The van der Waals surface area contributed by atoms with E-state index in [1.165, 1.54) is 11.8 Å². The number of carbonyl (C=O) groups excluding carboxylic acids is 1. The molecule has 3 nitrogen and oxygen atoms in total. The fourth-order valence-corrected chi connectivity index (χ4v) is 3.52. The van der Waals surface area contributed by atoms with E-state index in [0.29, 0.717) is 15.8 Å². The van der Waals surface area contributed by atoms with E-state index < -0.39 is 0 Å². The first kappa shape index (κ1) is 16.0. The average molecular weight is 321 g/mol. The molecule has 112 valence electrons. The van der Waals surface area contributed by atoms with Gasteiger partial charge in [0, 0.05) is 11.6 Å². The second kappa shape index (κ2) is 7.09. The van der Waals surface area contributed by atoms with Gasteiger partial charge in [-0.1, -0.05) is 49.1 Å². The predicted octanol–water partition coefficient (Wildman–Crippen LogP) is 4.09. The summed E-state index contributed by atoms with van der Waals surface area (Å²) in [5.74, 6) is 0.777. The number of ether oxygens (including phenoxy) is 1. The van der Waals surface area contributed by atoms with Crippen LogP contribution in [0.2, 0.25) is 0 Å². The van der Waals surface area contributed by atoms with Crippen LogP contribution in [0.1, 0.15) is 32.8 Å². The maximum Gasteiger partial charge on any atom is 0.266 e. The summed E-state index contributed by atoms with van der Waals surface area (Å²) in [6.45, 7) is 6.66. The molecule has 1 aliphatic rings. The lowest BCUT2D eigenvalue weighted by molar-refractivity contribution is -0.123. The van der Waals surface area contributed by atoms with Crippen molar-refractivity contribution in [3.63, 3.8) is 0 Å². The van der Waals surface area contributed by atoms with Crippen molar-refractivity contribution in [2.75, 3.05) is 6.61 Å². The number of thiocarbonyl (C=S) groups is 1. The maximum absolute atomic E-state index is 12.4. The lowest BCUT2D eigenvalue weighted by Crippen LogP contribution is -2.34. The van der Waals surface area contributed by atoms with Gasteiger partial charge in [-0.2, -0.15) is 0 Å². The van der Waals surface area contributed by atoms with Gasteiger partial charge in [0.05, 0.1) is 11.5 Å². The van der Waals surface area contributed by atoms with Crippen LogP contribution >= 0.6 is 24.0 Å². The molecular formula is C16H19NO2S2. The Bertz CT molecular complexity index is 581. The van der Waals surface area contributed by atoms with Gasteiger partial charge in [-0.25, -0.2) is 0 Å². The number of thioether (sulfide) groups is 1. The van der Waals surface area contributed by atoms with E-state index in [-0.39, 0.29) is 11.9 Å². The molecule has 0 aliphatic carbocycles. The van der Waals surface area contributed by atoms with Gasteiger partial charge in [0.15, 0.2) is 0 Å². The minimum atomic E-state index is -0.0229. The van der Waals surface area contributed by atoms with E-state index in [1.54, 1.807) is 4.90 Å². The molecule has 21 heavy (non-hydrogen) atoms. The molecule has 1 heterocycles. The Labute approximate surface area is 135 Å². The van der Waals surface area contributed by atoms with Crippen LogP contribution in [-0.4, -0.2) is 27.8 Å². The van der Waals surface area contributed by atoms with Gasteiger partial charge in [0.25, 0.3) is 5.91 Å². The van der Waals surface area contributed by atoms with Crippen LogP contribution in [0.3, 0.4) is 0 Å². The molecule has 5 heteroatoms. The Kier molecular flexibility index (Phi) is 5.42. The van der Waals surface area contributed by atoms with Crippen LogP contribution in [0, 0.1) is 0 Å². The smallest absolute Gasteiger partial charge is 0.266 e. The van der Waals surface area contributed by atoms with Crippen molar-refractivity contribution in [2.24, 2.45) is 0 Å². The molecule has 0 unspecified atom stereocenters. The van der Waals surface area contributed by atoms with Crippen molar-refractivity contribution in [3.8, 4) is 5.75 Å². The summed E-state index contributed by atoms with van der Waals surface area (Å²) in [6, 6.07) is 7.82. The maximum atomic E-state index is 12.4. The molecule has 0 N–H and O–H groups in total. The molecule has 1 fully saturated rings. The summed E-state index contributed by atoms with van der Waals surface area (Å²) in [5.41, 5.74) is 0.912. The third kappa shape index (κ3) is 3.66. The molecule has 1 aromatic rings. The molecule has 1 aliphatic heterocycles. The molecule has 0 spiro atoms.